The zero-order chi connectivity index (χ0) is 24.8. The van der Waals surface area contributed by atoms with Crippen molar-refractivity contribution in [3.05, 3.63) is 11.6 Å². The Hall–Kier alpha value is -1.36. The summed E-state index contributed by atoms with van der Waals surface area (Å²) in [4.78, 5) is 32.6. The van der Waals surface area contributed by atoms with Crippen LogP contribution in [-0.4, -0.2) is 72.3 Å². The second kappa shape index (κ2) is 12.3. The van der Waals surface area contributed by atoms with Crippen molar-refractivity contribution in [2.24, 2.45) is 23.2 Å². The van der Waals surface area contributed by atoms with Crippen LogP contribution in [0.1, 0.15) is 97.8 Å². The molecule has 0 aromatic heterocycles. The number of fused-ring (bicyclic) bond motifs is 1. The van der Waals surface area contributed by atoms with Gasteiger partial charge in [0.2, 0.25) is 11.8 Å². The highest BCUT2D eigenvalue weighted by atomic mass is 16.2. The molecule has 5 aliphatic rings. The molecule has 35 heavy (non-hydrogen) atoms. The van der Waals surface area contributed by atoms with Gasteiger partial charge in [-0.1, -0.05) is 70.9 Å². The smallest absolute Gasteiger partial charge is 0.222 e. The summed E-state index contributed by atoms with van der Waals surface area (Å²) in [7, 11) is 0. The SMILES string of the molecule is CCCCCC(=O)N(CCN1CCN(C(=O)CCC2CCCC2)CC1)CC1=CCC2CC1C2(C)C. The average Bonchev–Trinajstić information content (AvgIpc) is 3.39. The molecule has 0 radical (unpaired) electrons. The first kappa shape index (κ1) is 26.7. The highest BCUT2D eigenvalue weighted by Crippen LogP contribution is 2.59. The Morgan fingerprint density at radius 1 is 1.06 bits per heavy atom. The van der Waals surface area contributed by atoms with Gasteiger partial charge in [-0.15, -0.1) is 0 Å². The number of allylic oxidation sites excluding steroid dienone is 1. The quantitative estimate of drug-likeness (QED) is 0.271. The monoisotopic (exact) mass is 485 g/mol. The number of rotatable bonds is 12. The Labute approximate surface area is 214 Å². The second-order valence-corrected chi connectivity index (χ2v) is 12.5. The van der Waals surface area contributed by atoms with Crippen molar-refractivity contribution in [3.8, 4) is 0 Å². The molecule has 0 spiro atoms. The molecule has 2 amide bonds. The van der Waals surface area contributed by atoms with Crippen LogP contribution < -0.4 is 0 Å². The van der Waals surface area contributed by atoms with Gasteiger partial charge in [0.25, 0.3) is 0 Å². The highest BCUT2D eigenvalue weighted by molar-refractivity contribution is 5.77. The second-order valence-electron chi connectivity index (χ2n) is 12.5. The molecule has 198 valence electrons. The van der Waals surface area contributed by atoms with Gasteiger partial charge in [0, 0.05) is 58.7 Å². The third-order valence-electron chi connectivity index (χ3n) is 9.96. The predicted octanol–water partition coefficient (Wildman–Crippen LogP) is 5.50. The first-order valence-corrected chi connectivity index (χ1v) is 14.8. The largest absolute Gasteiger partial charge is 0.340 e. The lowest BCUT2D eigenvalue weighted by molar-refractivity contribution is -0.133. The van der Waals surface area contributed by atoms with Gasteiger partial charge >= 0.3 is 0 Å². The zero-order valence-electron chi connectivity index (χ0n) is 22.9. The molecule has 2 saturated carbocycles. The summed E-state index contributed by atoms with van der Waals surface area (Å²) in [5, 5.41) is 0. The first-order chi connectivity index (χ1) is 16.9. The van der Waals surface area contributed by atoms with Crippen LogP contribution >= 0.6 is 0 Å². The molecule has 1 heterocycles. The molecule has 2 atom stereocenters. The number of carbonyl (C=O) groups is 2. The number of carbonyl (C=O) groups excluding carboxylic acids is 2. The molecular weight excluding hydrogens is 434 g/mol. The van der Waals surface area contributed by atoms with Crippen LogP contribution in [0.3, 0.4) is 0 Å². The van der Waals surface area contributed by atoms with E-state index in [1.807, 2.05) is 0 Å². The number of nitrogens with zero attached hydrogens (tertiary/aromatic N) is 3. The molecule has 4 aliphatic carbocycles. The van der Waals surface area contributed by atoms with Crippen molar-refractivity contribution in [1.82, 2.24) is 14.7 Å². The van der Waals surface area contributed by atoms with Crippen LogP contribution in [0.4, 0.5) is 0 Å². The maximum absolute atomic E-state index is 13.2. The minimum Gasteiger partial charge on any atom is -0.340 e. The topological polar surface area (TPSA) is 43.9 Å². The average molecular weight is 486 g/mol. The van der Waals surface area contributed by atoms with Crippen molar-refractivity contribution >= 4 is 11.8 Å². The standard InChI is InChI=1S/C30H51N3O2/c1-4-5-6-11-28(34)33(23-25-13-14-26-22-27(25)30(26,2)3)21-18-31-16-19-32(20-17-31)29(35)15-12-24-9-7-8-10-24/h13,24,26-27H,4-12,14-23H2,1-3H3. The first-order valence-electron chi connectivity index (χ1n) is 14.8. The van der Waals surface area contributed by atoms with Gasteiger partial charge in [0.05, 0.1) is 0 Å². The van der Waals surface area contributed by atoms with E-state index < -0.39 is 0 Å². The van der Waals surface area contributed by atoms with E-state index in [0.29, 0.717) is 29.6 Å². The van der Waals surface area contributed by atoms with Gasteiger partial charge in [-0.25, -0.2) is 0 Å². The van der Waals surface area contributed by atoms with E-state index >= 15 is 0 Å². The van der Waals surface area contributed by atoms with E-state index in [9.17, 15) is 9.59 Å². The summed E-state index contributed by atoms with van der Waals surface area (Å²) < 4.78 is 0. The van der Waals surface area contributed by atoms with E-state index in [1.165, 1.54) is 44.1 Å². The number of hydrogen-bond acceptors (Lipinski definition) is 3. The maximum atomic E-state index is 13.2. The lowest BCUT2D eigenvalue weighted by atomic mass is 9.49. The Bertz CT molecular complexity index is 747. The molecule has 5 nitrogen and oxygen atoms in total. The normalized spacial score (nSPS) is 26.4. The van der Waals surface area contributed by atoms with Crippen LogP contribution in [0.25, 0.3) is 0 Å². The zero-order valence-corrected chi connectivity index (χ0v) is 22.9. The molecule has 1 saturated heterocycles. The predicted molar refractivity (Wildman–Crippen MR) is 143 cm³/mol. The van der Waals surface area contributed by atoms with Crippen molar-refractivity contribution in [2.75, 3.05) is 45.8 Å². The van der Waals surface area contributed by atoms with Gasteiger partial charge < -0.3 is 9.80 Å². The summed E-state index contributed by atoms with van der Waals surface area (Å²) in [6.07, 6.45) is 16.1. The molecule has 2 unspecified atom stereocenters. The van der Waals surface area contributed by atoms with Crippen LogP contribution in [0.5, 0.6) is 0 Å². The number of piperazine rings is 1. The van der Waals surface area contributed by atoms with Crippen LogP contribution in [0, 0.1) is 23.2 Å². The Morgan fingerprint density at radius 2 is 1.80 bits per heavy atom. The van der Waals surface area contributed by atoms with Crippen molar-refractivity contribution < 1.29 is 9.59 Å². The fraction of sp³-hybridized carbons (Fsp3) is 0.867. The van der Waals surface area contributed by atoms with Gasteiger partial charge in [-0.05, 0) is 48.9 Å². The highest BCUT2D eigenvalue weighted by Gasteiger charge is 2.51. The third-order valence-corrected chi connectivity index (χ3v) is 9.96. The Morgan fingerprint density at radius 3 is 2.46 bits per heavy atom. The molecule has 2 bridgehead atoms. The summed E-state index contributed by atoms with van der Waals surface area (Å²) >= 11 is 0. The number of amides is 2. The van der Waals surface area contributed by atoms with Crippen molar-refractivity contribution in [1.29, 1.82) is 0 Å². The van der Waals surface area contributed by atoms with E-state index in [0.717, 1.165) is 89.8 Å². The van der Waals surface area contributed by atoms with Crippen LogP contribution in [-0.2, 0) is 9.59 Å². The lowest BCUT2D eigenvalue weighted by Crippen LogP contribution is -2.52. The number of hydrogen-bond donors (Lipinski definition) is 0. The summed E-state index contributed by atoms with van der Waals surface area (Å²) in [6, 6.07) is 0. The fourth-order valence-electron chi connectivity index (χ4n) is 7.12. The molecule has 0 aromatic rings. The van der Waals surface area contributed by atoms with Gasteiger partial charge in [-0.2, -0.15) is 0 Å². The van der Waals surface area contributed by atoms with Crippen LogP contribution in [0.2, 0.25) is 0 Å². The molecule has 3 fully saturated rings. The molecule has 0 aromatic carbocycles. The lowest BCUT2D eigenvalue weighted by Gasteiger charge is -2.57. The van der Waals surface area contributed by atoms with Gasteiger partial charge in [0.1, 0.15) is 0 Å². The minimum absolute atomic E-state index is 0.333. The third kappa shape index (κ3) is 6.70. The van der Waals surface area contributed by atoms with E-state index in [-0.39, 0.29) is 0 Å². The van der Waals surface area contributed by atoms with E-state index in [2.05, 4.69) is 41.5 Å². The van der Waals surface area contributed by atoms with E-state index in [1.54, 1.807) is 0 Å². The molecule has 0 N–H and O–H groups in total. The molecule has 1 aliphatic heterocycles. The summed E-state index contributed by atoms with van der Waals surface area (Å²) in [6.45, 7) is 13.2. The Balaban J connectivity index is 1.24. The minimum atomic E-state index is 0.333. The molecular formula is C30H51N3O2. The maximum Gasteiger partial charge on any atom is 0.222 e. The van der Waals surface area contributed by atoms with E-state index in [4.69, 9.17) is 0 Å². The van der Waals surface area contributed by atoms with Gasteiger partial charge in [0.15, 0.2) is 0 Å². The fourth-order valence-corrected chi connectivity index (χ4v) is 7.12. The Kier molecular flexibility index (Phi) is 9.35. The van der Waals surface area contributed by atoms with Crippen molar-refractivity contribution in [3.63, 3.8) is 0 Å². The van der Waals surface area contributed by atoms with Crippen molar-refractivity contribution in [2.45, 2.75) is 97.8 Å². The molecule has 5 heteroatoms. The van der Waals surface area contributed by atoms with Gasteiger partial charge in [-0.3, -0.25) is 14.5 Å². The summed E-state index contributed by atoms with van der Waals surface area (Å²) in [5.74, 6) is 2.97. The number of unbranched alkanes of at least 4 members (excludes halogenated alkanes) is 2. The van der Waals surface area contributed by atoms with Crippen LogP contribution in [0.15, 0.2) is 11.6 Å². The molecule has 5 rings (SSSR count). The summed E-state index contributed by atoms with van der Waals surface area (Å²) in [5.41, 5.74) is 1.92.